The van der Waals surface area contributed by atoms with Crippen molar-refractivity contribution in [1.29, 1.82) is 0 Å². The first-order chi connectivity index (χ1) is 10.2. The summed E-state index contributed by atoms with van der Waals surface area (Å²) < 4.78 is 17.3. The van der Waals surface area contributed by atoms with Gasteiger partial charge in [0.25, 0.3) is 0 Å². The first-order valence-corrected chi connectivity index (χ1v) is 8.20. The molecule has 2 fully saturated rings. The molecule has 1 aromatic rings. The monoisotopic (exact) mass is 312 g/mol. The fourth-order valence-electron chi connectivity index (χ4n) is 2.66. The number of hydrogen-bond acceptors (Lipinski definition) is 6. The number of hydrogen-bond donors (Lipinski definition) is 2. The van der Waals surface area contributed by atoms with Crippen LogP contribution >= 0.6 is 11.8 Å². The quantitative estimate of drug-likeness (QED) is 0.877. The average Bonchev–Trinajstić information content (AvgIpc) is 2.53. The van der Waals surface area contributed by atoms with E-state index in [2.05, 4.69) is 0 Å². The van der Waals surface area contributed by atoms with E-state index in [1.165, 1.54) is 11.8 Å². The predicted octanol–water partition coefficient (Wildman–Crippen LogP) is 1.30. The summed E-state index contributed by atoms with van der Waals surface area (Å²) in [6.07, 6.45) is -3.39. The summed E-state index contributed by atoms with van der Waals surface area (Å²) in [6, 6.07) is 9.56. The van der Waals surface area contributed by atoms with Gasteiger partial charge in [0, 0.05) is 5.56 Å². The van der Waals surface area contributed by atoms with Crippen LogP contribution in [-0.2, 0) is 14.2 Å². The van der Waals surface area contributed by atoms with Crippen molar-refractivity contribution in [2.75, 3.05) is 12.4 Å². The summed E-state index contributed by atoms with van der Waals surface area (Å²) in [5.41, 5.74) is 0.453. The normalized spacial score (nSPS) is 39.8. The minimum atomic E-state index is -0.970. The van der Waals surface area contributed by atoms with Crippen LogP contribution in [0, 0.1) is 0 Å². The number of rotatable bonds is 3. The molecule has 0 aromatic heterocycles. The summed E-state index contributed by atoms with van der Waals surface area (Å²) in [6.45, 7) is 2.33. The molecule has 2 aliphatic rings. The summed E-state index contributed by atoms with van der Waals surface area (Å²) in [7, 11) is 0. The van der Waals surface area contributed by atoms with E-state index in [1.54, 1.807) is 0 Å². The van der Waals surface area contributed by atoms with E-state index in [9.17, 15) is 10.2 Å². The maximum absolute atomic E-state index is 10.3. The first kappa shape index (κ1) is 15.3. The fraction of sp³-hybridized carbons (Fsp3) is 0.600. The molecule has 0 amide bonds. The number of benzene rings is 1. The van der Waals surface area contributed by atoms with Crippen LogP contribution in [0.4, 0.5) is 0 Å². The number of thioether (sulfide) groups is 1. The molecule has 116 valence electrons. The van der Waals surface area contributed by atoms with E-state index in [0.717, 1.165) is 11.3 Å². The summed E-state index contributed by atoms with van der Waals surface area (Å²) in [5.74, 6) is 0.806. The molecular weight excluding hydrogens is 292 g/mol. The summed E-state index contributed by atoms with van der Waals surface area (Å²) in [5, 5.41) is 20.5. The molecule has 2 saturated heterocycles. The van der Waals surface area contributed by atoms with Gasteiger partial charge in [-0.2, -0.15) is 0 Å². The molecular formula is C15H20O5S. The van der Waals surface area contributed by atoms with E-state index in [1.807, 2.05) is 37.3 Å². The van der Waals surface area contributed by atoms with Crippen molar-refractivity contribution in [2.24, 2.45) is 0 Å². The van der Waals surface area contributed by atoms with E-state index in [-0.39, 0.29) is 6.10 Å². The van der Waals surface area contributed by atoms with Gasteiger partial charge in [-0.25, -0.2) is 0 Å². The van der Waals surface area contributed by atoms with E-state index < -0.39 is 30.0 Å². The Hall–Kier alpha value is -0.630. The largest absolute Gasteiger partial charge is 0.387 e. The Labute approximate surface area is 128 Å². The van der Waals surface area contributed by atoms with Gasteiger partial charge in [-0.15, -0.1) is 11.8 Å². The number of fused-ring (bicyclic) bond motifs is 1. The van der Waals surface area contributed by atoms with Crippen molar-refractivity contribution in [3.8, 4) is 0 Å². The number of ether oxygens (including phenoxy) is 3. The van der Waals surface area contributed by atoms with Gasteiger partial charge in [-0.05, 0) is 5.75 Å². The third-order valence-electron chi connectivity index (χ3n) is 3.74. The predicted molar refractivity (Wildman–Crippen MR) is 78.8 cm³/mol. The lowest BCUT2D eigenvalue weighted by molar-refractivity contribution is -0.318. The Kier molecular flexibility index (Phi) is 4.83. The third-order valence-corrected chi connectivity index (χ3v) is 4.79. The molecule has 21 heavy (non-hydrogen) atoms. The van der Waals surface area contributed by atoms with Crippen LogP contribution in [0.1, 0.15) is 18.8 Å². The van der Waals surface area contributed by atoms with Gasteiger partial charge in [0.05, 0.1) is 6.61 Å². The van der Waals surface area contributed by atoms with Gasteiger partial charge in [-0.1, -0.05) is 37.3 Å². The fourth-order valence-corrected chi connectivity index (χ4v) is 3.57. The van der Waals surface area contributed by atoms with Crippen LogP contribution in [0.3, 0.4) is 0 Å². The molecule has 0 radical (unpaired) electrons. The zero-order chi connectivity index (χ0) is 14.8. The molecule has 2 heterocycles. The van der Waals surface area contributed by atoms with Gasteiger partial charge < -0.3 is 24.4 Å². The maximum Gasteiger partial charge on any atom is 0.184 e. The number of aliphatic hydroxyl groups is 2. The molecule has 0 spiro atoms. The highest BCUT2D eigenvalue weighted by atomic mass is 32.2. The SMILES string of the molecule is CCS[C@@H]1O[C@@H]2CO[C@H](c3ccccc3)O[C@@H]2[C@H](O)[C@H]1O. The highest BCUT2D eigenvalue weighted by molar-refractivity contribution is 7.99. The van der Waals surface area contributed by atoms with Crippen LogP contribution < -0.4 is 0 Å². The third kappa shape index (κ3) is 3.11. The minimum absolute atomic E-state index is 0.342. The Morgan fingerprint density at radius 1 is 1.14 bits per heavy atom. The Morgan fingerprint density at radius 2 is 1.90 bits per heavy atom. The number of aliphatic hydroxyl groups excluding tert-OH is 2. The van der Waals surface area contributed by atoms with E-state index in [0.29, 0.717) is 6.61 Å². The first-order valence-electron chi connectivity index (χ1n) is 7.16. The van der Waals surface area contributed by atoms with Gasteiger partial charge >= 0.3 is 0 Å². The molecule has 2 N–H and O–H groups in total. The molecule has 6 atom stereocenters. The smallest absolute Gasteiger partial charge is 0.184 e. The molecule has 0 unspecified atom stereocenters. The molecule has 0 bridgehead atoms. The van der Waals surface area contributed by atoms with Crippen molar-refractivity contribution >= 4 is 11.8 Å². The van der Waals surface area contributed by atoms with Crippen LogP contribution in [0.15, 0.2) is 30.3 Å². The van der Waals surface area contributed by atoms with E-state index in [4.69, 9.17) is 14.2 Å². The van der Waals surface area contributed by atoms with Crippen LogP contribution in [0.25, 0.3) is 0 Å². The molecule has 3 rings (SSSR count). The second-order valence-corrected chi connectivity index (χ2v) is 6.53. The zero-order valence-electron chi connectivity index (χ0n) is 11.8. The van der Waals surface area contributed by atoms with Gasteiger partial charge in [0.2, 0.25) is 0 Å². The van der Waals surface area contributed by atoms with Crippen LogP contribution in [-0.4, -0.2) is 52.4 Å². The molecule has 0 aliphatic carbocycles. The lowest BCUT2D eigenvalue weighted by Gasteiger charge is -2.46. The standard InChI is InChI=1S/C15H20O5S/c1-2-21-15-12(17)11(16)13-10(19-15)8-18-14(20-13)9-6-4-3-5-7-9/h3-7,10-17H,2,8H2,1H3/t10-,11-,12-,13+,14+,15+/m1/s1. The van der Waals surface area contributed by atoms with Crippen LogP contribution in [0.2, 0.25) is 0 Å². The average molecular weight is 312 g/mol. The Morgan fingerprint density at radius 3 is 2.62 bits per heavy atom. The van der Waals surface area contributed by atoms with E-state index >= 15 is 0 Å². The van der Waals surface area contributed by atoms with Crippen molar-refractivity contribution < 1.29 is 24.4 Å². The summed E-state index contributed by atoms with van der Waals surface area (Å²) >= 11 is 1.47. The van der Waals surface area contributed by atoms with Crippen LogP contribution in [0.5, 0.6) is 0 Å². The lowest BCUT2D eigenvalue weighted by Crippen LogP contribution is -2.60. The highest BCUT2D eigenvalue weighted by Gasteiger charge is 2.48. The lowest BCUT2D eigenvalue weighted by atomic mass is 9.99. The molecule has 1 aromatic carbocycles. The highest BCUT2D eigenvalue weighted by Crippen LogP contribution is 2.36. The summed E-state index contributed by atoms with van der Waals surface area (Å²) in [4.78, 5) is 0. The second kappa shape index (κ2) is 6.64. The molecule has 0 saturated carbocycles. The minimum Gasteiger partial charge on any atom is -0.387 e. The van der Waals surface area contributed by atoms with Crippen molar-refractivity contribution in [2.45, 2.75) is 43.1 Å². The topological polar surface area (TPSA) is 68.2 Å². The maximum atomic E-state index is 10.3. The van der Waals surface area contributed by atoms with Gasteiger partial charge in [0.1, 0.15) is 29.9 Å². The molecule has 2 aliphatic heterocycles. The zero-order valence-corrected chi connectivity index (χ0v) is 12.6. The Bertz CT molecular complexity index is 455. The van der Waals surface area contributed by atoms with Gasteiger partial charge in [-0.3, -0.25) is 0 Å². The van der Waals surface area contributed by atoms with Crippen molar-refractivity contribution in [3.63, 3.8) is 0 Å². The van der Waals surface area contributed by atoms with Crippen molar-refractivity contribution in [3.05, 3.63) is 35.9 Å². The van der Waals surface area contributed by atoms with Crippen molar-refractivity contribution in [1.82, 2.24) is 0 Å². The second-order valence-electron chi connectivity index (χ2n) is 5.16. The molecule has 6 heteroatoms. The van der Waals surface area contributed by atoms with Gasteiger partial charge in [0.15, 0.2) is 6.29 Å². The molecule has 5 nitrogen and oxygen atoms in total. The Balaban J connectivity index is 1.71.